The van der Waals surface area contributed by atoms with Gasteiger partial charge in [0.05, 0.1) is 0 Å². The van der Waals surface area contributed by atoms with Gasteiger partial charge >= 0.3 is 0 Å². The topological polar surface area (TPSA) is 3.24 Å². The molecule has 0 bridgehead atoms. The summed E-state index contributed by atoms with van der Waals surface area (Å²) in [6, 6.07) is 8.86. The second-order valence-corrected chi connectivity index (χ2v) is 5.26. The lowest BCUT2D eigenvalue weighted by molar-refractivity contribution is 0.195. The van der Waals surface area contributed by atoms with Crippen LogP contribution in [0.15, 0.2) is 30.3 Å². The monoisotopic (exact) mass is 229 g/mol. The van der Waals surface area contributed by atoms with Crippen molar-refractivity contribution in [2.24, 2.45) is 5.92 Å². The smallest absolute Gasteiger partial charge is 0.000983 e. The van der Waals surface area contributed by atoms with Crippen LogP contribution in [0.1, 0.15) is 37.3 Å². The minimum absolute atomic E-state index is 0.721. The Morgan fingerprint density at radius 2 is 2.06 bits per heavy atom. The lowest BCUT2D eigenvalue weighted by atomic mass is 9.80. The second kappa shape index (κ2) is 5.50. The Morgan fingerprint density at radius 3 is 2.76 bits per heavy atom. The Kier molecular flexibility index (Phi) is 4.01. The largest absolute Gasteiger partial charge is 0.306 e. The molecule has 0 aliphatic carbocycles. The molecule has 0 aromatic heterocycles. The summed E-state index contributed by atoms with van der Waals surface area (Å²) in [7, 11) is 2.23. The van der Waals surface area contributed by atoms with Gasteiger partial charge < -0.3 is 4.90 Å². The molecule has 0 N–H and O–H groups in total. The standard InChI is InChI=1S/C16H23N/c1-4-7-14-8-5-6-9-16(14)15-10-11-17(3)12-13(15)2/h4-9,13,15H,10-12H2,1-3H3/b7-4-. The Morgan fingerprint density at radius 1 is 1.29 bits per heavy atom. The van der Waals surface area contributed by atoms with Gasteiger partial charge in [0.15, 0.2) is 0 Å². The summed E-state index contributed by atoms with van der Waals surface area (Å²) < 4.78 is 0. The third-order valence-corrected chi connectivity index (χ3v) is 3.85. The Hall–Kier alpha value is -1.08. The summed E-state index contributed by atoms with van der Waals surface area (Å²) in [4.78, 5) is 2.44. The van der Waals surface area contributed by atoms with Gasteiger partial charge in [-0.3, -0.25) is 0 Å². The third-order valence-electron chi connectivity index (χ3n) is 3.85. The molecule has 1 heterocycles. The van der Waals surface area contributed by atoms with Crippen LogP contribution in [0, 0.1) is 5.92 Å². The number of allylic oxidation sites excluding steroid dienone is 1. The minimum Gasteiger partial charge on any atom is -0.306 e. The number of nitrogens with zero attached hydrogens (tertiary/aromatic N) is 1. The number of likely N-dealkylation sites (tertiary alicyclic amines) is 1. The van der Waals surface area contributed by atoms with Gasteiger partial charge in [-0.15, -0.1) is 0 Å². The molecule has 2 rings (SSSR count). The maximum Gasteiger partial charge on any atom is 0.000983 e. The zero-order chi connectivity index (χ0) is 12.3. The molecule has 2 atom stereocenters. The summed E-state index contributed by atoms with van der Waals surface area (Å²) in [5.41, 5.74) is 2.93. The van der Waals surface area contributed by atoms with Crippen LogP contribution in [-0.2, 0) is 0 Å². The molecule has 1 aromatic rings. The van der Waals surface area contributed by atoms with Crippen LogP contribution in [0.25, 0.3) is 6.08 Å². The molecule has 1 aliphatic heterocycles. The van der Waals surface area contributed by atoms with Crippen LogP contribution in [0.5, 0.6) is 0 Å². The van der Waals surface area contributed by atoms with E-state index < -0.39 is 0 Å². The fraction of sp³-hybridized carbons (Fsp3) is 0.500. The van der Waals surface area contributed by atoms with E-state index in [1.165, 1.54) is 30.6 Å². The summed E-state index contributed by atoms with van der Waals surface area (Å²) in [5.74, 6) is 1.47. The maximum atomic E-state index is 2.44. The van der Waals surface area contributed by atoms with E-state index in [0.717, 1.165) is 11.8 Å². The van der Waals surface area contributed by atoms with Crippen molar-refractivity contribution in [3.63, 3.8) is 0 Å². The van der Waals surface area contributed by atoms with Gasteiger partial charge in [0.2, 0.25) is 0 Å². The molecule has 1 saturated heterocycles. The first-order valence-corrected chi connectivity index (χ1v) is 6.62. The van der Waals surface area contributed by atoms with Crippen molar-refractivity contribution in [1.29, 1.82) is 0 Å². The minimum atomic E-state index is 0.721. The van der Waals surface area contributed by atoms with Gasteiger partial charge in [-0.1, -0.05) is 43.3 Å². The average molecular weight is 229 g/mol. The molecule has 92 valence electrons. The van der Waals surface area contributed by atoms with E-state index >= 15 is 0 Å². The van der Waals surface area contributed by atoms with Crippen molar-refractivity contribution in [2.75, 3.05) is 20.1 Å². The number of hydrogen-bond donors (Lipinski definition) is 0. The highest BCUT2D eigenvalue weighted by Gasteiger charge is 2.26. The molecular weight excluding hydrogens is 206 g/mol. The molecule has 17 heavy (non-hydrogen) atoms. The van der Waals surface area contributed by atoms with E-state index in [4.69, 9.17) is 0 Å². The van der Waals surface area contributed by atoms with E-state index in [0.29, 0.717) is 0 Å². The number of hydrogen-bond acceptors (Lipinski definition) is 1. The molecule has 1 fully saturated rings. The highest BCUT2D eigenvalue weighted by atomic mass is 15.1. The van der Waals surface area contributed by atoms with Crippen molar-refractivity contribution in [3.05, 3.63) is 41.5 Å². The summed E-state index contributed by atoms with van der Waals surface area (Å²) in [5, 5.41) is 0. The van der Waals surface area contributed by atoms with E-state index in [2.05, 4.69) is 62.2 Å². The Balaban J connectivity index is 2.27. The highest BCUT2D eigenvalue weighted by Crippen LogP contribution is 2.34. The lowest BCUT2D eigenvalue weighted by Crippen LogP contribution is -2.35. The first-order chi connectivity index (χ1) is 8.22. The Labute approximate surface area is 105 Å². The zero-order valence-electron chi connectivity index (χ0n) is 11.2. The Bertz CT molecular complexity index is 394. The predicted molar refractivity (Wildman–Crippen MR) is 75.2 cm³/mol. The van der Waals surface area contributed by atoms with Gasteiger partial charge in [-0.25, -0.2) is 0 Å². The highest BCUT2D eigenvalue weighted by molar-refractivity contribution is 5.54. The number of piperidine rings is 1. The number of benzene rings is 1. The van der Waals surface area contributed by atoms with Crippen LogP contribution in [0.4, 0.5) is 0 Å². The molecular formula is C16H23N. The molecule has 0 saturated carbocycles. The normalized spacial score (nSPS) is 26.5. The van der Waals surface area contributed by atoms with Gasteiger partial charge in [-0.2, -0.15) is 0 Å². The average Bonchev–Trinajstić information content (AvgIpc) is 2.31. The van der Waals surface area contributed by atoms with E-state index in [9.17, 15) is 0 Å². The van der Waals surface area contributed by atoms with Crippen LogP contribution in [0.3, 0.4) is 0 Å². The molecule has 1 nitrogen and oxygen atoms in total. The van der Waals surface area contributed by atoms with Crippen molar-refractivity contribution in [3.8, 4) is 0 Å². The first kappa shape index (κ1) is 12.4. The molecule has 0 radical (unpaired) electrons. The van der Waals surface area contributed by atoms with Crippen molar-refractivity contribution in [1.82, 2.24) is 4.90 Å². The van der Waals surface area contributed by atoms with E-state index in [1.807, 2.05) is 0 Å². The van der Waals surface area contributed by atoms with Crippen molar-refractivity contribution < 1.29 is 0 Å². The van der Waals surface area contributed by atoms with Crippen LogP contribution in [0.2, 0.25) is 0 Å². The molecule has 0 spiro atoms. The molecule has 1 aromatic carbocycles. The van der Waals surface area contributed by atoms with Gasteiger partial charge in [0, 0.05) is 6.54 Å². The molecule has 0 amide bonds. The van der Waals surface area contributed by atoms with Gasteiger partial charge in [0.25, 0.3) is 0 Å². The van der Waals surface area contributed by atoms with Gasteiger partial charge in [-0.05, 0) is 49.9 Å². The lowest BCUT2D eigenvalue weighted by Gasteiger charge is -2.35. The second-order valence-electron chi connectivity index (χ2n) is 5.26. The third kappa shape index (κ3) is 2.78. The number of rotatable bonds is 2. The summed E-state index contributed by atoms with van der Waals surface area (Å²) in [6.07, 6.45) is 5.66. The van der Waals surface area contributed by atoms with Gasteiger partial charge in [0.1, 0.15) is 0 Å². The fourth-order valence-corrected chi connectivity index (χ4v) is 3.00. The molecule has 2 unspecified atom stereocenters. The SMILES string of the molecule is C/C=C\c1ccccc1C1CCN(C)CC1C. The van der Waals surface area contributed by atoms with Crippen LogP contribution < -0.4 is 0 Å². The summed E-state index contributed by atoms with van der Waals surface area (Å²) >= 11 is 0. The predicted octanol–water partition coefficient (Wildman–Crippen LogP) is 3.77. The summed E-state index contributed by atoms with van der Waals surface area (Å²) in [6.45, 7) is 6.91. The fourth-order valence-electron chi connectivity index (χ4n) is 3.00. The quantitative estimate of drug-likeness (QED) is 0.746. The van der Waals surface area contributed by atoms with E-state index in [-0.39, 0.29) is 0 Å². The van der Waals surface area contributed by atoms with Crippen molar-refractivity contribution in [2.45, 2.75) is 26.2 Å². The van der Waals surface area contributed by atoms with Crippen molar-refractivity contribution >= 4 is 6.08 Å². The van der Waals surface area contributed by atoms with E-state index in [1.54, 1.807) is 0 Å². The van der Waals surface area contributed by atoms with Crippen LogP contribution >= 0.6 is 0 Å². The molecule has 1 aliphatic rings. The zero-order valence-corrected chi connectivity index (χ0v) is 11.2. The van der Waals surface area contributed by atoms with Crippen LogP contribution in [-0.4, -0.2) is 25.0 Å². The molecule has 1 heteroatoms. The first-order valence-electron chi connectivity index (χ1n) is 6.62. The maximum absolute atomic E-state index is 2.44.